The molecular formula is C13H23NO2. The minimum absolute atomic E-state index is 0.151. The number of rotatable bonds is 5. The van der Waals surface area contributed by atoms with Gasteiger partial charge in [0.2, 0.25) is 0 Å². The van der Waals surface area contributed by atoms with Gasteiger partial charge in [-0.2, -0.15) is 0 Å². The summed E-state index contributed by atoms with van der Waals surface area (Å²) < 4.78 is 0. The van der Waals surface area contributed by atoms with Crippen molar-refractivity contribution in [3.8, 4) is 0 Å². The molecule has 1 saturated heterocycles. The Balaban J connectivity index is 2.44. The summed E-state index contributed by atoms with van der Waals surface area (Å²) in [4.78, 5) is 25.5. The van der Waals surface area contributed by atoms with Gasteiger partial charge < -0.3 is 0 Å². The van der Waals surface area contributed by atoms with Crippen LogP contribution in [-0.4, -0.2) is 36.1 Å². The molecule has 0 radical (unpaired) electrons. The standard InChI is InChI=1S/C13H23NO2/c1-4-10(3)13(16)9-14-7-6-12(15)11(5-2)8-14/h10-11H,4-9H2,1-3H3. The Bertz CT molecular complexity index is 263. The molecule has 1 heterocycles. The number of carbonyl (C=O) groups is 2. The van der Waals surface area contributed by atoms with E-state index in [1.54, 1.807) is 0 Å². The molecule has 0 amide bonds. The first-order valence-electron chi connectivity index (χ1n) is 6.36. The fourth-order valence-corrected chi connectivity index (χ4v) is 2.08. The molecule has 2 atom stereocenters. The molecule has 3 heteroatoms. The van der Waals surface area contributed by atoms with E-state index in [1.807, 2.05) is 20.8 Å². The summed E-state index contributed by atoms with van der Waals surface area (Å²) in [5, 5.41) is 0. The minimum Gasteiger partial charge on any atom is -0.299 e. The lowest BCUT2D eigenvalue weighted by molar-refractivity contribution is -0.130. The summed E-state index contributed by atoms with van der Waals surface area (Å²) >= 11 is 0. The Morgan fingerprint density at radius 1 is 1.50 bits per heavy atom. The zero-order valence-electron chi connectivity index (χ0n) is 10.7. The number of piperidine rings is 1. The Morgan fingerprint density at radius 3 is 2.75 bits per heavy atom. The molecule has 2 unspecified atom stereocenters. The third kappa shape index (κ3) is 3.41. The first kappa shape index (κ1) is 13.4. The molecule has 0 aromatic heterocycles. The van der Waals surface area contributed by atoms with Gasteiger partial charge in [-0.3, -0.25) is 14.5 Å². The van der Waals surface area contributed by atoms with Crippen LogP contribution in [0.5, 0.6) is 0 Å². The van der Waals surface area contributed by atoms with Gasteiger partial charge in [-0.25, -0.2) is 0 Å². The van der Waals surface area contributed by atoms with Crippen LogP contribution in [0.3, 0.4) is 0 Å². The van der Waals surface area contributed by atoms with Crippen LogP contribution >= 0.6 is 0 Å². The predicted molar refractivity (Wildman–Crippen MR) is 64.3 cm³/mol. The summed E-state index contributed by atoms with van der Waals surface area (Å²) in [7, 11) is 0. The molecule has 1 fully saturated rings. The van der Waals surface area contributed by atoms with Crippen LogP contribution in [0.1, 0.15) is 40.0 Å². The van der Waals surface area contributed by atoms with Crippen molar-refractivity contribution in [3.05, 3.63) is 0 Å². The van der Waals surface area contributed by atoms with Gasteiger partial charge in [0.15, 0.2) is 0 Å². The maximum Gasteiger partial charge on any atom is 0.149 e. The topological polar surface area (TPSA) is 37.4 Å². The smallest absolute Gasteiger partial charge is 0.149 e. The summed E-state index contributed by atoms with van der Waals surface area (Å²) in [5.74, 6) is 0.984. The molecule has 0 aromatic rings. The molecule has 0 spiro atoms. The van der Waals surface area contributed by atoms with E-state index in [0.717, 1.165) is 25.9 Å². The van der Waals surface area contributed by atoms with Gasteiger partial charge in [0.25, 0.3) is 0 Å². The zero-order valence-corrected chi connectivity index (χ0v) is 10.7. The molecule has 0 saturated carbocycles. The number of carbonyl (C=O) groups excluding carboxylic acids is 2. The molecule has 1 aliphatic rings. The molecule has 0 aliphatic carbocycles. The van der Waals surface area contributed by atoms with Crippen LogP contribution in [0.2, 0.25) is 0 Å². The number of nitrogens with zero attached hydrogens (tertiary/aromatic N) is 1. The van der Waals surface area contributed by atoms with Crippen molar-refractivity contribution in [2.45, 2.75) is 40.0 Å². The molecule has 3 nitrogen and oxygen atoms in total. The van der Waals surface area contributed by atoms with E-state index in [1.165, 1.54) is 0 Å². The number of hydrogen-bond acceptors (Lipinski definition) is 3. The highest BCUT2D eigenvalue weighted by atomic mass is 16.1. The van der Waals surface area contributed by atoms with Crippen LogP contribution in [0.15, 0.2) is 0 Å². The summed E-state index contributed by atoms with van der Waals surface area (Å²) in [6.45, 7) is 8.13. The van der Waals surface area contributed by atoms with Gasteiger partial charge in [-0.05, 0) is 12.8 Å². The molecule has 0 N–H and O–H groups in total. The Hall–Kier alpha value is -0.700. The van der Waals surface area contributed by atoms with Crippen molar-refractivity contribution < 1.29 is 9.59 Å². The van der Waals surface area contributed by atoms with E-state index in [-0.39, 0.29) is 11.8 Å². The lowest BCUT2D eigenvalue weighted by Crippen LogP contribution is -2.43. The Morgan fingerprint density at radius 2 is 2.19 bits per heavy atom. The fourth-order valence-electron chi connectivity index (χ4n) is 2.08. The number of hydrogen-bond donors (Lipinski definition) is 0. The van der Waals surface area contributed by atoms with Crippen LogP contribution in [0, 0.1) is 11.8 Å². The average Bonchev–Trinajstić information content (AvgIpc) is 2.30. The average molecular weight is 225 g/mol. The number of ketones is 2. The first-order chi connectivity index (χ1) is 7.58. The molecule has 1 rings (SSSR count). The van der Waals surface area contributed by atoms with Crippen molar-refractivity contribution in [2.24, 2.45) is 11.8 Å². The second-order valence-corrected chi connectivity index (χ2v) is 4.83. The fraction of sp³-hybridized carbons (Fsp3) is 0.846. The van der Waals surface area contributed by atoms with Crippen molar-refractivity contribution >= 4 is 11.6 Å². The van der Waals surface area contributed by atoms with Crippen LogP contribution in [-0.2, 0) is 9.59 Å². The highest BCUT2D eigenvalue weighted by molar-refractivity contribution is 5.84. The van der Waals surface area contributed by atoms with E-state index in [9.17, 15) is 9.59 Å². The van der Waals surface area contributed by atoms with Gasteiger partial charge in [0.05, 0.1) is 6.54 Å². The highest BCUT2D eigenvalue weighted by Crippen LogP contribution is 2.16. The third-order valence-corrected chi connectivity index (χ3v) is 3.64. The third-order valence-electron chi connectivity index (χ3n) is 3.64. The summed E-state index contributed by atoms with van der Waals surface area (Å²) in [6, 6.07) is 0. The Kier molecular flexibility index (Phi) is 5.13. The quantitative estimate of drug-likeness (QED) is 0.717. The first-order valence-corrected chi connectivity index (χ1v) is 6.36. The molecule has 92 valence electrons. The van der Waals surface area contributed by atoms with E-state index < -0.39 is 0 Å². The number of likely N-dealkylation sites (tertiary alicyclic amines) is 1. The van der Waals surface area contributed by atoms with E-state index in [4.69, 9.17) is 0 Å². The van der Waals surface area contributed by atoms with Crippen molar-refractivity contribution in [2.75, 3.05) is 19.6 Å². The van der Waals surface area contributed by atoms with Gasteiger partial charge in [-0.1, -0.05) is 20.8 Å². The van der Waals surface area contributed by atoms with Crippen molar-refractivity contribution in [1.82, 2.24) is 4.90 Å². The van der Waals surface area contributed by atoms with E-state index in [0.29, 0.717) is 24.5 Å². The maximum atomic E-state index is 11.8. The van der Waals surface area contributed by atoms with E-state index >= 15 is 0 Å². The van der Waals surface area contributed by atoms with Gasteiger partial charge in [0, 0.05) is 31.3 Å². The molecule has 1 aliphatic heterocycles. The van der Waals surface area contributed by atoms with Crippen LogP contribution in [0.25, 0.3) is 0 Å². The second-order valence-electron chi connectivity index (χ2n) is 4.83. The molecule has 16 heavy (non-hydrogen) atoms. The van der Waals surface area contributed by atoms with Crippen molar-refractivity contribution in [1.29, 1.82) is 0 Å². The molecule has 0 aromatic carbocycles. The minimum atomic E-state index is 0.151. The van der Waals surface area contributed by atoms with Crippen LogP contribution < -0.4 is 0 Å². The van der Waals surface area contributed by atoms with E-state index in [2.05, 4.69) is 4.90 Å². The largest absolute Gasteiger partial charge is 0.299 e. The van der Waals surface area contributed by atoms with Crippen molar-refractivity contribution in [3.63, 3.8) is 0 Å². The predicted octanol–water partition coefficient (Wildman–Crippen LogP) is 1.90. The number of Topliss-reactive ketones (excluding diaryl/α,β-unsaturated/α-hetero) is 2. The normalized spacial score (nSPS) is 24.4. The summed E-state index contributed by atoms with van der Waals surface area (Å²) in [6.07, 6.45) is 2.42. The summed E-state index contributed by atoms with van der Waals surface area (Å²) in [5.41, 5.74) is 0. The monoisotopic (exact) mass is 225 g/mol. The zero-order chi connectivity index (χ0) is 12.1. The highest BCUT2D eigenvalue weighted by Gasteiger charge is 2.27. The van der Waals surface area contributed by atoms with Gasteiger partial charge in [-0.15, -0.1) is 0 Å². The maximum absolute atomic E-state index is 11.8. The SMILES string of the molecule is CCC(C)C(=O)CN1CCC(=O)C(CC)C1. The molecular weight excluding hydrogens is 202 g/mol. The lowest BCUT2D eigenvalue weighted by atomic mass is 9.93. The van der Waals surface area contributed by atoms with Crippen LogP contribution in [0.4, 0.5) is 0 Å². The Labute approximate surface area is 98.2 Å². The molecule has 0 bridgehead atoms. The second kappa shape index (κ2) is 6.14. The van der Waals surface area contributed by atoms with Gasteiger partial charge >= 0.3 is 0 Å². The van der Waals surface area contributed by atoms with Gasteiger partial charge in [0.1, 0.15) is 11.6 Å². The lowest BCUT2D eigenvalue weighted by Gasteiger charge is -2.31.